The van der Waals surface area contributed by atoms with Gasteiger partial charge in [0.25, 0.3) is 0 Å². The number of fused-ring (bicyclic) bond motifs is 3. The van der Waals surface area contributed by atoms with E-state index in [9.17, 15) is 0 Å². The Kier molecular flexibility index (Phi) is 6.52. The molecule has 10 rings (SSSR count). The van der Waals surface area contributed by atoms with Crippen molar-refractivity contribution in [2.24, 2.45) is 0 Å². The first-order valence-corrected chi connectivity index (χ1v) is 16.4. The van der Waals surface area contributed by atoms with Crippen LogP contribution < -0.4 is 9.36 Å². The smallest absolute Gasteiger partial charge is 0.243 e. The summed E-state index contributed by atoms with van der Waals surface area (Å²) >= 11 is 0. The third-order valence-corrected chi connectivity index (χ3v) is 8.91. The average molecular weight is 662 g/mol. The van der Waals surface area contributed by atoms with Gasteiger partial charge < -0.3 is 0 Å². The summed E-state index contributed by atoms with van der Waals surface area (Å²) in [5, 5.41) is 0. The Morgan fingerprint density at radius 3 is 1.33 bits per heavy atom. The lowest BCUT2D eigenvalue weighted by atomic mass is 10.1. The number of hydrogen-bond acceptors (Lipinski definition) is 6. The summed E-state index contributed by atoms with van der Waals surface area (Å²) in [6.45, 7) is 0. The molecular formula is C40H27N11+2. The molecule has 0 aliphatic carbocycles. The first-order chi connectivity index (χ1) is 25.3. The Bertz CT molecular complexity index is 2530. The van der Waals surface area contributed by atoms with Gasteiger partial charge in [0.2, 0.25) is 35.1 Å². The highest BCUT2D eigenvalue weighted by Crippen LogP contribution is 2.32. The highest BCUT2D eigenvalue weighted by molar-refractivity contribution is 5.84. The van der Waals surface area contributed by atoms with Crippen molar-refractivity contribution in [2.75, 3.05) is 0 Å². The molecule has 0 aliphatic rings. The molecule has 11 nitrogen and oxygen atoms in total. The van der Waals surface area contributed by atoms with Crippen molar-refractivity contribution in [1.82, 2.24) is 43.8 Å². The van der Waals surface area contributed by atoms with Gasteiger partial charge in [0.05, 0.1) is 11.8 Å². The molecule has 0 saturated heterocycles. The molecule has 11 heteroatoms. The first-order valence-electron chi connectivity index (χ1n) is 16.4. The molecule has 0 saturated carbocycles. The molecular weight excluding hydrogens is 635 g/mol. The van der Waals surface area contributed by atoms with E-state index < -0.39 is 0 Å². The van der Waals surface area contributed by atoms with Gasteiger partial charge in [-0.15, -0.1) is 0 Å². The van der Waals surface area contributed by atoms with Gasteiger partial charge >= 0.3 is 0 Å². The van der Waals surface area contributed by atoms with Gasteiger partial charge in [0, 0.05) is 60.6 Å². The molecule has 240 valence electrons. The second kappa shape index (κ2) is 11.6. The van der Waals surface area contributed by atoms with Crippen molar-refractivity contribution < 1.29 is 9.36 Å². The maximum atomic E-state index is 4.78. The predicted molar refractivity (Wildman–Crippen MR) is 192 cm³/mol. The van der Waals surface area contributed by atoms with Crippen LogP contribution in [0, 0.1) is 0 Å². The minimum atomic E-state index is 0.738. The van der Waals surface area contributed by atoms with Crippen molar-refractivity contribution in [2.45, 2.75) is 0 Å². The zero-order valence-corrected chi connectivity index (χ0v) is 27.0. The molecule has 51 heavy (non-hydrogen) atoms. The maximum Gasteiger partial charge on any atom is 0.243 e. The number of para-hydroxylation sites is 3. The Morgan fingerprint density at radius 2 is 0.824 bits per heavy atom. The second-order valence-corrected chi connectivity index (χ2v) is 12.0. The molecule has 0 N–H and O–H groups in total. The van der Waals surface area contributed by atoms with E-state index in [4.69, 9.17) is 19.9 Å². The van der Waals surface area contributed by atoms with Crippen molar-refractivity contribution in [1.29, 1.82) is 0 Å². The zero-order valence-electron chi connectivity index (χ0n) is 27.0. The van der Waals surface area contributed by atoms with Gasteiger partial charge in [0.1, 0.15) is 16.9 Å². The molecule has 6 aromatic heterocycles. The monoisotopic (exact) mass is 661 g/mol. The van der Waals surface area contributed by atoms with Gasteiger partial charge in [-0.2, -0.15) is 0 Å². The molecule has 0 unspecified atom stereocenters. The average Bonchev–Trinajstić information content (AvgIpc) is 3.91. The van der Waals surface area contributed by atoms with Crippen LogP contribution in [-0.4, -0.2) is 43.8 Å². The quantitative estimate of drug-likeness (QED) is 0.200. The van der Waals surface area contributed by atoms with Gasteiger partial charge in [-0.25, -0.2) is 24.9 Å². The molecule has 0 aliphatic heterocycles. The molecule has 4 aromatic carbocycles. The first kappa shape index (κ1) is 28.6. The summed E-state index contributed by atoms with van der Waals surface area (Å²) in [6.07, 6.45) is 14.4. The van der Waals surface area contributed by atoms with Crippen LogP contribution in [0.25, 0.3) is 73.2 Å². The largest absolute Gasteiger partial charge is 0.293 e. The van der Waals surface area contributed by atoms with E-state index in [2.05, 4.69) is 93.9 Å². The molecule has 0 radical (unpaired) electrons. The number of aromatic nitrogens is 11. The van der Waals surface area contributed by atoms with E-state index in [-0.39, 0.29) is 0 Å². The standard InChI is InChI=1S/C40H27N11/c1-4-10-29(11-5-1)49-37(25-34-38(49)44-19-16-41-34)28-22-32(47-26-35-39(45-20-17-42-35)50(47)30-12-6-2-7-13-30)24-33(23-28)48-27-36-40(46-21-18-43-36)51(48)31-14-8-3-9-15-31/h1-27H/q+2. The van der Waals surface area contributed by atoms with Crippen LogP contribution in [0.2, 0.25) is 0 Å². The van der Waals surface area contributed by atoms with Crippen molar-refractivity contribution >= 4 is 33.5 Å². The summed E-state index contributed by atoms with van der Waals surface area (Å²) in [5.74, 6) is 0. The van der Waals surface area contributed by atoms with E-state index >= 15 is 0 Å². The van der Waals surface area contributed by atoms with Gasteiger partial charge in [-0.3, -0.25) is 9.55 Å². The molecule has 6 heterocycles. The van der Waals surface area contributed by atoms with Crippen molar-refractivity contribution in [3.8, 4) is 39.7 Å². The minimum Gasteiger partial charge on any atom is -0.293 e. The van der Waals surface area contributed by atoms with Gasteiger partial charge in [-0.1, -0.05) is 73.3 Å². The van der Waals surface area contributed by atoms with Crippen molar-refractivity contribution in [3.05, 3.63) is 165 Å². The second-order valence-electron chi connectivity index (χ2n) is 12.0. The minimum absolute atomic E-state index is 0.738. The fourth-order valence-corrected chi connectivity index (χ4v) is 6.74. The number of benzene rings is 4. The van der Waals surface area contributed by atoms with Crippen LogP contribution in [-0.2, 0) is 0 Å². The number of rotatable bonds is 6. The Morgan fingerprint density at radius 1 is 0.392 bits per heavy atom. The Balaban J connectivity index is 1.31. The van der Waals surface area contributed by atoms with Crippen molar-refractivity contribution in [3.63, 3.8) is 0 Å². The van der Waals surface area contributed by atoms with Crippen LogP contribution in [0.3, 0.4) is 0 Å². The van der Waals surface area contributed by atoms with Crippen LogP contribution in [0.15, 0.2) is 165 Å². The molecule has 0 amide bonds. The Labute approximate surface area is 290 Å². The third-order valence-electron chi connectivity index (χ3n) is 8.91. The molecule has 0 fully saturated rings. The highest BCUT2D eigenvalue weighted by atomic mass is 15.4. The lowest BCUT2D eigenvalue weighted by Gasteiger charge is -2.11. The highest BCUT2D eigenvalue weighted by Gasteiger charge is 2.29. The van der Waals surface area contributed by atoms with E-state index in [1.165, 1.54) is 0 Å². The summed E-state index contributed by atoms with van der Waals surface area (Å²) in [5.41, 5.74) is 11.1. The molecule has 0 bridgehead atoms. The predicted octanol–water partition coefficient (Wildman–Crippen LogP) is 6.11. The summed E-state index contributed by atoms with van der Waals surface area (Å²) in [6, 6.07) is 39.3. The normalized spacial score (nSPS) is 11.5. The fourth-order valence-electron chi connectivity index (χ4n) is 6.74. The maximum absolute atomic E-state index is 4.78. The number of hydrogen-bond donors (Lipinski definition) is 0. The summed E-state index contributed by atoms with van der Waals surface area (Å²) in [7, 11) is 0. The van der Waals surface area contributed by atoms with Gasteiger partial charge in [-0.05, 0) is 42.5 Å². The van der Waals surface area contributed by atoms with E-state index in [1.807, 2.05) is 67.0 Å². The molecule has 0 atom stereocenters. The zero-order chi connectivity index (χ0) is 33.7. The van der Waals surface area contributed by atoms with E-state index in [0.29, 0.717) is 0 Å². The summed E-state index contributed by atoms with van der Waals surface area (Å²) < 4.78 is 10.5. The van der Waals surface area contributed by atoms with Crippen LogP contribution in [0.1, 0.15) is 0 Å². The lowest BCUT2D eigenvalue weighted by molar-refractivity contribution is -0.679. The molecule has 10 aromatic rings. The van der Waals surface area contributed by atoms with E-state index in [0.717, 1.165) is 73.2 Å². The topological polar surface area (TPSA) is 99.9 Å². The van der Waals surface area contributed by atoms with Gasteiger partial charge in [0.15, 0.2) is 16.7 Å². The van der Waals surface area contributed by atoms with Crippen LogP contribution >= 0.6 is 0 Å². The summed E-state index contributed by atoms with van der Waals surface area (Å²) in [4.78, 5) is 28.4. The number of nitrogens with zero attached hydrogens (tertiary/aromatic N) is 11. The third kappa shape index (κ3) is 4.75. The van der Waals surface area contributed by atoms with Crippen LogP contribution in [0.4, 0.5) is 0 Å². The Hall–Kier alpha value is -7.40. The lowest BCUT2D eigenvalue weighted by Crippen LogP contribution is -2.42. The van der Waals surface area contributed by atoms with E-state index in [1.54, 1.807) is 37.2 Å². The van der Waals surface area contributed by atoms with Crippen LogP contribution in [0.5, 0.6) is 0 Å². The fraction of sp³-hybridized carbons (Fsp3) is 0. The SMILES string of the molecule is c1ccc(-n2c(-c3cc(-[n+]4cc5nccnc5n4-c4ccccc4)cc(-[n+]4cc5nccnc5n4-c4ccccc4)c3)cc3nccnc32)cc1. The molecule has 0 spiro atoms.